The molecule has 0 spiro atoms. The Kier molecular flexibility index (Phi) is 3.49. The number of nitrogens with two attached hydrogens (primary N) is 1. The predicted octanol–water partition coefficient (Wildman–Crippen LogP) is 3.11. The Morgan fingerprint density at radius 3 is 2.58 bits per heavy atom. The third-order valence-corrected chi connectivity index (χ3v) is 3.88. The molecule has 1 aromatic heterocycles. The number of rotatable bonds is 3. The molecule has 0 unspecified atom stereocenters. The van der Waals surface area contributed by atoms with Crippen molar-refractivity contribution < 1.29 is 0 Å². The largest absolute Gasteiger partial charge is 0.399 e. The summed E-state index contributed by atoms with van der Waals surface area (Å²) in [6, 6.07) is 7.71. The first kappa shape index (κ1) is 12.2. The monoisotopic (exact) mass is 256 g/mol. The van der Waals surface area contributed by atoms with Crippen molar-refractivity contribution in [2.45, 2.75) is 38.6 Å². The molecular weight excluding hydrogens is 236 g/mol. The average Bonchev–Trinajstić information content (AvgIpc) is 2.89. The maximum absolute atomic E-state index is 5.69. The second-order valence-electron chi connectivity index (χ2n) is 5.42. The molecule has 0 atom stereocenters. The average molecular weight is 256 g/mol. The SMILES string of the molecule is Nc1ccc(-c2ncn(CC3CCCCC3)n2)cc1. The van der Waals surface area contributed by atoms with Gasteiger partial charge in [-0.25, -0.2) is 4.98 Å². The summed E-state index contributed by atoms with van der Waals surface area (Å²) < 4.78 is 1.99. The lowest BCUT2D eigenvalue weighted by atomic mass is 9.89. The normalized spacial score (nSPS) is 16.6. The van der Waals surface area contributed by atoms with E-state index in [1.807, 2.05) is 35.3 Å². The molecule has 0 saturated heterocycles. The summed E-state index contributed by atoms with van der Waals surface area (Å²) in [5.74, 6) is 1.56. The standard InChI is InChI=1S/C15H20N4/c16-14-8-6-13(7-9-14)15-17-11-19(18-15)10-12-4-2-1-3-5-12/h6-9,11-12H,1-5,10,16H2. The molecule has 3 rings (SSSR count). The van der Waals surface area contributed by atoms with Crippen LogP contribution in [0, 0.1) is 5.92 Å². The number of nitrogen functional groups attached to an aromatic ring is 1. The van der Waals surface area contributed by atoms with E-state index < -0.39 is 0 Å². The van der Waals surface area contributed by atoms with E-state index in [-0.39, 0.29) is 0 Å². The van der Waals surface area contributed by atoms with Crippen LogP contribution in [-0.4, -0.2) is 14.8 Å². The number of aromatic nitrogens is 3. The molecular formula is C15H20N4. The van der Waals surface area contributed by atoms with E-state index in [1.54, 1.807) is 0 Å². The van der Waals surface area contributed by atoms with Crippen molar-refractivity contribution in [1.82, 2.24) is 14.8 Å². The molecule has 0 radical (unpaired) electrons. The lowest BCUT2D eigenvalue weighted by Crippen LogP contribution is -2.14. The number of hydrogen-bond acceptors (Lipinski definition) is 3. The highest BCUT2D eigenvalue weighted by atomic mass is 15.3. The molecule has 0 amide bonds. The summed E-state index contributed by atoms with van der Waals surface area (Å²) in [7, 11) is 0. The molecule has 1 aliphatic carbocycles. The Bertz CT molecular complexity index is 523. The zero-order valence-electron chi connectivity index (χ0n) is 11.1. The van der Waals surface area contributed by atoms with Crippen LogP contribution in [0.3, 0.4) is 0 Å². The second-order valence-corrected chi connectivity index (χ2v) is 5.42. The summed E-state index contributed by atoms with van der Waals surface area (Å²) >= 11 is 0. The highest BCUT2D eigenvalue weighted by Crippen LogP contribution is 2.25. The lowest BCUT2D eigenvalue weighted by molar-refractivity contribution is 0.308. The number of hydrogen-bond donors (Lipinski definition) is 1. The van der Waals surface area contributed by atoms with Crippen molar-refractivity contribution in [2.75, 3.05) is 5.73 Å². The van der Waals surface area contributed by atoms with Gasteiger partial charge >= 0.3 is 0 Å². The van der Waals surface area contributed by atoms with Gasteiger partial charge < -0.3 is 5.73 Å². The van der Waals surface area contributed by atoms with Crippen LogP contribution in [0.15, 0.2) is 30.6 Å². The topological polar surface area (TPSA) is 56.7 Å². The van der Waals surface area contributed by atoms with Crippen molar-refractivity contribution in [3.8, 4) is 11.4 Å². The Hall–Kier alpha value is -1.84. The van der Waals surface area contributed by atoms with Crippen LogP contribution in [0.25, 0.3) is 11.4 Å². The van der Waals surface area contributed by atoms with Gasteiger partial charge in [0.25, 0.3) is 0 Å². The van der Waals surface area contributed by atoms with Gasteiger partial charge in [0.05, 0.1) is 0 Å². The van der Waals surface area contributed by atoms with Gasteiger partial charge in [0.15, 0.2) is 5.82 Å². The van der Waals surface area contributed by atoms with Crippen LogP contribution in [-0.2, 0) is 6.54 Å². The van der Waals surface area contributed by atoms with E-state index >= 15 is 0 Å². The zero-order chi connectivity index (χ0) is 13.1. The van der Waals surface area contributed by atoms with Gasteiger partial charge in [0, 0.05) is 17.8 Å². The highest BCUT2D eigenvalue weighted by Gasteiger charge is 2.14. The van der Waals surface area contributed by atoms with Crippen molar-refractivity contribution >= 4 is 5.69 Å². The molecule has 4 nitrogen and oxygen atoms in total. The van der Waals surface area contributed by atoms with Gasteiger partial charge in [-0.15, -0.1) is 0 Å². The molecule has 19 heavy (non-hydrogen) atoms. The van der Waals surface area contributed by atoms with Crippen molar-refractivity contribution in [1.29, 1.82) is 0 Å². The van der Waals surface area contributed by atoms with Gasteiger partial charge in [0.2, 0.25) is 0 Å². The minimum atomic E-state index is 0.769. The predicted molar refractivity (Wildman–Crippen MR) is 76.4 cm³/mol. The minimum Gasteiger partial charge on any atom is -0.399 e. The molecule has 0 bridgehead atoms. The number of anilines is 1. The summed E-state index contributed by atoms with van der Waals surface area (Å²) in [4.78, 5) is 4.39. The van der Waals surface area contributed by atoms with Crippen LogP contribution >= 0.6 is 0 Å². The van der Waals surface area contributed by atoms with Crippen molar-refractivity contribution in [3.63, 3.8) is 0 Å². The molecule has 1 aromatic carbocycles. The van der Waals surface area contributed by atoms with Gasteiger partial charge in [-0.1, -0.05) is 19.3 Å². The van der Waals surface area contributed by atoms with Crippen LogP contribution in [0.1, 0.15) is 32.1 Å². The smallest absolute Gasteiger partial charge is 0.181 e. The van der Waals surface area contributed by atoms with Gasteiger partial charge in [0.1, 0.15) is 6.33 Å². The van der Waals surface area contributed by atoms with E-state index in [0.29, 0.717) is 0 Å². The first-order valence-corrected chi connectivity index (χ1v) is 7.06. The van der Waals surface area contributed by atoms with E-state index in [0.717, 1.165) is 29.5 Å². The van der Waals surface area contributed by atoms with Crippen LogP contribution < -0.4 is 5.73 Å². The number of benzene rings is 1. The van der Waals surface area contributed by atoms with Crippen molar-refractivity contribution in [3.05, 3.63) is 30.6 Å². The molecule has 1 heterocycles. The first-order chi connectivity index (χ1) is 9.31. The molecule has 2 N–H and O–H groups in total. The number of nitrogens with zero attached hydrogens (tertiary/aromatic N) is 3. The Morgan fingerprint density at radius 2 is 1.84 bits per heavy atom. The fourth-order valence-corrected chi connectivity index (χ4v) is 2.78. The maximum Gasteiger partial charge on any atom is 0.181 e. The Morgan fingerprint density at radius 1 is 1.11 bits per heavy atom. The summed E-state index contributed by atoms with van der Waals surface area (Å²) in [5.41, 5.74) is 7.48. The summed E-state index contributed by atoms with van der Waals surface area (Å²) in [6.45, 7) is 1.00. The molecule has 1 aliphatic rings. The van der Waals surface area contributed by atoms with E-state index in [4.69, 9.17) is 5.73 Å². The molecule has 1 saturated carbocycles. The molecule has 2 aromatic rings. The van der Waals surface area contributed by atoms with Crippen molar-refractivity contribution in [2.24, 2.45) is 5.92 Å². The Labute approximate surface area is 113 Å². The maximum atomic E-state index is 5.69. The first-order valence-electron chi connectivity index (χ1n) is 7.06. The van der Waals surface area contributed by atoms with E-state index in [2.05, 4.69) is 10.1 Å². The van der Waals surface area contributed by atoms with E-state index in [9.17, 15) is 0 Å². The second kappa shape index (κ2) is 5.43. The summed E-state index contributed by atoms with van der Waals surface area (Å²) in [5, 5.41) is 4.57. The van der Waals surface area contributed by atoms with E-state index in [1.165, 1.54) is 32.1 Å². The Balaban J connectivity index is 1.70. The molecule has 4 heteroatoms. The quantitative estimate of drug-likeness (QED) is 0.858. The highest BCUT2D eigenvalue weighted by molar-refractivity contribution is 5.57. The third kappa shape index (κ3) is 2.95. The van der Waals surface area contributed by atoms with Crippen LogP contribution in [0.5, 0.6) is 0 Å². The molecule has 100 valence electrons. The van der Waals surface area contributed by atoms with Gasteiger partial charge in [-0.3, -0.25) is 4.68 Å². The zero-order valence-corrected chi connectivity index (χ0v) is 11.1. The third-order valence-electron chi connectivity index (χ3n) is 3.88. The van der Waals surface area contributed by atoms with Crippen LogP contribution in [0.4, 0.5) is 5.69 Å². The van der Waals surface area contributed by atoms with Gasteiger partial charge in [-0.05, 0) is 43.0 Å². The minimum absolute atomic E-state index is 0.769. The molecule has 0 aliphatic heterocycles. The summed E-state index contributed by atoms with van der Waals surface area (Å²) in [6.07, 6.45) is 8.63. The molecule has 1 fully saturated rings. The van der Waals surface area contributed by atoms with Gasteiger partial charge in [-0.2, -0.15) is 5.10 Å². The lowest BCUT2D eigenvalue weighted by Gasteiger charge is -2.20. The fourth-order valence-electron chi connectivity index (χ4n) is 2.78. The van der Waals surface area contributed by atoms with Crippen LogP contribution in [0.2, 0.25) is 0 Å². The fraction of sp³-hybridized carbons (Fsp3) is 0.467.